The molecule has 20 heavy (non-hydrogen) atoms. The van der Waals surface area contributed by atoms with Crippen molar-refractivity contribution in [3.8, 4) is 5.75 Å². The Morgan fingerprint density at radius 1 is 1.25 bits per heavy atom. The minimum atomic E-state index is -3.54. The van der Waals surface area contributed by atoms with Gasteiger partial charge in [-0.3, -0.25) is 4.98 Å². The molecule has 0 spiro atoms. The first kappa shape index (κ1) is 14.3. The van der Waals surface area contributed by atoms with Gasteiger partial charge in [0.05, 0.1) is 23.4 Å². The molecule has 0 atom stereocenters. The first-order valence-electron chi connectivity index (χ1n) is 5.99. The van der Waals surface area contributed by atoms with Crippen molar-refractivity contribution >= 4 is 15.5 Å². The number of benzene rings is 1. The molecule has 1 heterocycles. The van der Waals surface area contributed by atoms with Gasteiger partial charge in [0.2, 0.25) is 0 Å². The number of aromatic nitrogens is 1. The number of aryl methyl sites for hydroxylation is 1. The molecule has 0 aliphatic carbocycles. The first-order valence-corrected chi connectivity index (χ1v) is 7.64. The third-order valence-electron chi connectivity index (χ3n) is 2.84. The number of rotatable bonds is 4. The van der Waals surface area contributed by atoms with Gasteiger partial charge in [0.1, 0.15) is 5.75 Å². The molecule has 5 nitrogen and oxygen atoms in total. The average Bonchev–Trinajstić information content (AvgIpc) is 2.38. The third kappa shape index (κ3) is 3.08. The Morgan fingerprint density at radius 2 is 2.00 bits per heavy atom. The van der Waals surface area contributed by atoms with Crippen LogP contribution in [0.3, 0.4) is 0 Å². The minimum absolute atomic E-state index is 0.0818. The zero-order chi connectivity index (χ0) is 14.8. The van der Waals surface area contributed by atoms with E-state index in [1.54, 1.807) is 24.5 Å². The van der Waals surface area contributed by atoms with Crippen LogP contribution in [0.1, 0.15) is 11.1 Å². The molecular formula is C14H16N2O3S. The van der Waals surface area contributed by atoms with Gasteiger partial charge in [-0.15, -0.1) is 0 Å². The number of nitrogens with zero attached hydrogens (tertiary/aromatic N) is 1. The van der Waals surface area contributed by atoms with Crippen LogP contribution < -0.4 is 10.5 Å². The minimum Gasteiger partial charge on any atom is -0.497 e. The topological polar surface area (TPSA) is 82.3 Å². The summed E-state index contributed by atoms with van der Waals surface area (Å²) in [7, 11) is -2.06. The van der Waals surface area contributed by atoms with E-state index in [2.05, 4.69) is 4.98 Å². The summed E-state index contributed by atoms with van der Waals surface area (Å²) < 4.78 is 29.9. The molecule has 2 aromatic rings. The van der Waals surface area contributed by atoms with E-state index in [1.807, 2.05) is 6.92 Å². The fourth-order valence-corrected chi connectivity index (χ4v) is 3.38. The zero-order valence-corrected chi connectivity index (χ0v) is 12.1. The van der Waals surface area contributed by atoms with Gasteiger partial charge in [-0.1, -0.05) is 6.07 Å². The summed E-state index contributed by atoms with van der Waals surface area (Å²) in [5, 5.41) is 0. The van der Waals surface area contributed by atoms with Crippen LogP contribution in [-0.4, -0.2) is 20.5 Å². The zero-order valence-electron chi connectivity index (χ0n) is 11.3. The quantitative estimate of drug-likeness (QED) is 0.871. The maximum atomic E-state index is 12.4. The van der Waals surface area contributed by atoms with E-state index >= 15 is 0 Å². The van der Waals surface area contributed by atoms with Crippen molar-refractivity contribution in [3.05, 3.63) is 47.8 Å². The van der Waals surface area contributed by atoms with Gasteiger partial charge >= 0.3 is 0 Å². The van der Waals surface area contributed by atoms with E-state index in [1.165, 1.54) is 19.2 Å². The van der Waals surface area contributed by atoms with Gasteiger partial charge in [-0.05, 0) is 30.2 Å². The van der Waals surface area contributed by atoms with Crippen LogP contribution in [0.15, 0.2) is 41.6 Å². The average molecular weight is 292 g/mol. The molecule has 1 aromatic heterocycles. The molecule has 1 aromatic carbocycles. The first-order chi connectivity index (χ1) is 9.42. The summed E-state index contributed by atoms with van der Waals surface area (Å²) in [6.45, 7) is 1.86. The van der Waals surface area contributed by atoms with E-state index in [-0.39, 0.29) is 16.3 Å². The Kier molecular flexibility index (Phi) is 3.94. The van der Waals surface area contributed by atoms with E-state index < -0.39 is 9.84 Å². The van der Waals surface area contributed by atoms with Crippen molar-refractivity contribution in [2.45, 2.75) is 17.6 Å². The van der Waals surface area contributed by atoms with Crippen molar-refractivity contribution < 1.29 is 13.2 Å². The van der Waals surface area contributed by atoms with Crippen LogP contribution in [0.25, 0.3) is 0 Å². The maximum absolute atomic E-state index is 12.4. The molecule has 0 aliphatic heterocycles. The van der Waals surface area contributed by atoms with Crippen molar-refractivity contribution in [1.82, 2.24) is 4.98 Å². The second-order valence-corrected chi connectivity index (χ2v) is 6.49. The van der Waals surface area contributed by atoms with Crippen molar-refractivity contribution in [1.29, 1.82) is 0 Å². The lowest BCUT2D eigenvalue weighted by Crippen LogP contribution is -2.08. The number of hydrogen-bond donors (Lipinski definition) is 1. The number of hydrogen-bond acceptors (Lipinski definition) is 5. The molecule has 0 saturated carbocycles. The van der Waals surface area contributed by atoms with Crippen molar-refractivity contribution in [2.75, 3.05) is 12.8 Å². The predicted octanol–water partition coefficient (Wildman–Crippen LogP) is 1.95. The molecule has 0 bridgehead atoms. The van der Waals surface area contributed by atoms with Crippen LogP contribution in [0, 0.1) is 6.92 Å². The van der Waals surface area contributed by atoms with Crippen LogP contribution in [0.4, 0.5) is 5.69 Å². The van der Waals surface area contributed by atoms with Crippen molar-refractivity contribution in [3.63, 3.8) is 0 Å². The summed E-state index contributed by atoms with van der Waals surface area (Å²) in [5.41, 5.74) is 7.52. The van der Waals surface area contributed by atoms with Crippen LogP contribution >= 0.6 is 0 Å². The molecule has 0 fully saturated rings. The standard InChI is InChI=1S/C14H16N2O3S/c1-10-5-11(8-16-7-10)9-20(17,18)14-6-12(19-2)3-4-13(14)15/h3-8H,9,15H2,1-2H3. The van der Waals surface area contributed by atoms with E-state index in [4.69, 9.17) is 10.5 Å². The summed E-state index contributed by atoms with van der Waals surface area (Å²) in [6.07, 6.45) is 3.22. The Hall–Kier alpha value is -2.08. The van der Waals surface area contributed by atoms with Gasteiger partial charge in [0.15, 0.2) is 9.84 Å². The fraction of sp³-hybridized carbons (Fsp3) is 0.214. The molecule has 106 valence electrons. The Bertz CT molecular complexity index is 727. The second kappa shape index (κ2) is 5.50. The van der Waals surface area contributed by atoms with E-state index in [0.717, 1.165) is 5.56 Å². The largest absolute Gasteiger partial charge is 0.497 e. The van der Waals surface area contributed by atoms with Crippen molar-refractivity contribution in [2.24, 2.45) is 0 Å². The lowest BCUT2D eigenvalue weighted by molar-refractivity contribution is 0.413. The van der Waals surface area contributed by atoms with Crippen LogP contribution in [0.5, 0.6) is 5.75 Å². The molecule has 2 N–H and O–H groups in total. The number of nitrogens with two attached hydrogens (primary N) is 1. The number of methoxy groups -OCH3 is 1. The molecule has 0 radical (unpaired) electrons. The van der Waals surface area contributed by atoms with E-state index in [0.29, 0.717) is 11.3 Å². The summed E-state index contributed by atoms with van der Waals surface area (Å²) in [6, 6.07) is 6.39. The predicted molar refractivity (Wildman–Crippen MR) is 77.3 cm³/mol. The molecule has 0 amide bonds. The normalized spacial score (nSPS) is 11.3. The summed E-state index contributed by atoms with van der Waals surface area (Å²) in [5.74, 6) is 0.319. The number of nitrogen functional groups attached to an aromatic ring is 1. The Balaban J connectivity index is 2.40. The van der Waals surface area contributed by atoms with Crippen LogP contribution in [-0.2, 0) is 15.6 Å². The lowest BCUT2D eigenvalue weighted by atomic mass is 10.2. The van der Waals surface area contributed by atoms with Gasteiger partial charge in [0, 0.05) is 18.5 Å². The highest BCUT2D eigenvalue weighted by Crippen LogP contribution is 2.26. The Labute approximate surface area is 118 Å². The molecule has 6 heteroatoms. The third-order valence-corrected chi connectivity index (χ3v) is 4.58. The highest BCUT2D eigenvalue weighted by atomic mass is 32.2. The lowest BCUT2D eigenvalue weighted by Gasteiger charge is -2.09. The number of anilines is 1. The highest BCUT2D eigenvalue weighted by Gasteiger charge is 2.19. The molecular weight excluding hydrogens is 276 g/mol. The van der Waals surface area contributed by atoms with Gasteiger partial charge in [-0.2, -0.15) is 0 Å². The smallest absolute Gasteiger partial charge is 0.184 e. The summed E-state index contributed by atoms with van der Waals surface area (Å²) in [4.78, 5) is 4.08. The number of pyridine rings is 1. The molecule has 2 rings (SSSR count). The highest BCUT2D eigenvalue weighted by molar-refractivity contribution is 7.90. The molecule has 0 unspecified atom stereocenters. The SMILES string of the molecule is COc1ccc(N)c(S(=O)(=O)Cc2cncc(C)c2)c1. The van der Waals surface area contributed by atoms with Gasteiger partial charge < -0.3 is 10.5 Å². The van der Waals surface area contributed by atoms with E-state index in [9.17, 15) is 8.42 Å². The number of sulfone groups is 1. The summed E-state index contributed by atoms with van der Waals surface area (Å²) >= 11 is 0. The Morgan fingerprint density at radius 3 is 2.65 bits per heavy atom. The monoisotopic (exact) mass is 292 g/mol. The van der Waals surface area contributed by atoms with Crippen LogP contribution in [0.2, 0.25) is 0 Å². The second-order valence-electron chi connectivity index (χ2n) is 4.53. The molecule has 0 saturated heterocycles. The van der Waals surface area contributed by atoms with Gasteiger partial charge in [0.25, 0.3) is 0 Å². The maximum Gasteiger partial charge on any atom is 0.184 e. The van der Waals surface area contributed by atoms with Gasteiger partial charge in [-0.25, -0.2) is 8.42 Å². The number of ether oxygens (including phenoxy) is 1. The molecule has 0 aliphatic rings. The fourth-order valence-electron chi connectivity index (χ4n) is 1.90.